The Labute approximate surface area is 117 Å². The second-order valence-corrected chi connectivity index (χ2v) is 6.75. The van der Waals surface area contributed by atoms with Gasteiger partial charge in [0.1, 0.15) is 5.69 Å². The van der Waals surface area contributed by atoms with Crippen molar-refractivity contribution in [1.29, 1.82) is 0 Å². The highest BCUT2D eigenvalue weighted by atomic mass is 79.9. The monoisotopic (exact) mass is 312 g/mol. The highest BCUT2D eigenvalue weighted by Gasteiger charge is 2.45. The first-order valence-electron chi connectivity index (χ1n) is 6.58. The Bertz CT molecular complexity index is 451. The quantitative estimate of drug-likeness (QED) is 0.888. The molecule has 0 bridgehead atoms. The lowest BCUT2D eigenvalue weighted by molar-refractivity contribution is 0.0941. The van der Waals surface area contributed by atoms with Crippen molar-refractivity contribution in [2.24, 2.45) is 11.3 Å². The van der Waals surface area contributed by atoms with Crippen LogP contribution in [0.15, 0.2) is 16.7 Å². The third-order valence-electron chi connectivity index (χ3n) is 3.79. The van der Waals surface area contributed by atoms with E-state index in [1.54, 1.807) is 0 Å². The van der Waals surface area contributed by atoms with Gasteiger partial charge in [-0.15, -0.1) is 0 Å². The molecule has 1 aliphatic carbocycles. The molecule has 0 aliphatic heterocycles. The second-order valence-electron chi connectivity index (χ2n) is 5.84. The van der Waals surface area contributed by atoms with Crippen LogP contribution in [0.3, 0.4) is 0 Å². The van der Waals surface area contributed by atoms with Crippen molar-refractivity contribution in [3.8, 4) is 0 Å². The number of halogens is 1. The molecule has 1 heterocycles. The van der Waals surface area contributed by atoms with Crippen LogP contribution in [-0.2, 0) is 6.54 Å². The number of nitrogens with zero attached hydrogens (tertiary/aromatic N) is 1. The van der Waals surface area contributed by atoms with Crippen LogP contribution < -0.4 is 5.32 Å². The van der Waals surface area contributed by atoms with Crippen LogP contribution in [0.1, 0.15) is 44.1 Å². The van der Waals surface area contributed by atoms with E-state index in [0.29, 0.717) is 11.3 Å². The van der Waals surface area contributed by atoms with Crippen LogP contribution in [-0.4, -0.2) is 17.0 Å². The van der Waals surface area contributed by atoms with Gasteiger partial charge in [0, 0.05) is 23.8 Å². The first-order chi connectivity index (χ1) is 8.44. The SMILES string of the molecule is CCCn1cc(Br)cc1C(=O)NCC1CC1(C)C. The fraction of sp³-hybridized carbons (Fsp3) is 0.643. The molecule has 1 fully saturated rings. The summed E-state index contributed by atoms with van der Waals surface area (Å²) < 4.78 is 2.98. The molecule has 1 saturated carbocycles. The number of aryl methyl sites for hydroxylation is 1. The van der Waals surface area contributed by atoms with E-state index in [1.807, 2.05) is 16.8 Å². The zero-order valence-electron chi connectivity index (χ0n) is 11.3. The molecule has 1 aromatic rings. The van der Waals surface area contributed by atoms with Crippen LogP contribution in [0.5, 0.6) is 0 Å². The zero-order valence-corrected chi connectivity index (χ0v) is 12.9. The molecule has 100 valence electrons. The van der Waals surface area contributed by atoms with Crippen LogP contribution in [0.2, 0.25) is 0 Å². The van der Waals surface area contributed by atoms with Gasteiger partial charge in [-0.2, -0.15) is 0 Å². The molecule has 0 saturated heterocycles. The van der Waals surface area contributed by atoms with E-state index in [-0.39, 0.29) is 5.91 Å². The Balaban J connectivity index is 1.96. The third kappa shape index (κ3) is 2.97. The normalized spacial score (nSPS) is 20.8. The van der Waals surface area contributed by atoms with Gasteiger partial charge in [-0.05, 0) is 46.2 Å². The minimum Gasteiger partial charge on any atom is -0.350 e. The molecule has 3 nitrogen and oxygen atoms in total. The topological polar surface area (TPSA) is 34.0 Å². The molecule has 1 atom stereocenters. The summed E-state index contributed by atoms with van der Waals surface area (Å²) in [4.78, 5) is 12.1. The number of carbonyl (C=O) groups excluding carboxylic acids is 1. The van der Waals surface area contributed by atoms with Gasteiger partial charge >= 0.3 is 0 Å². The summed E-state index contributed by atoms with van der Waals surface area (Å²) in [6, 6.07) is 1.89. The molecule has 0 radical (unpaired) electrons. The van der Waals surface area contributed by atoms with E-state index in [4.69, 9.17) is 0 Å². The Morgan fingerprint density at radius 1 is 1.61 bits per heavy atom. The third-order valence-corrected chi connectivity index (χ3v) is 4.22. The Morgan fingerprint density at radius 3 is 2.83 bits per heavy atom. The highest BCUT2D eigenvalue weighted by molar-refractivity contribution is 9.10. The van der Waals surface area contributed by atoms with Crippen LogP contribution in [0.4, 0.5) is 0 Å². The summed E-state index contributed by atoms with van der Waals surface area (Å²) in [7, 11) is 0. The Morgan fingerprint density at radius 2 is 2.28 bits per heavy atom. The van der Waals surface area contributed by atoms with E-state index in [9.17, 15) is 4.79 Å². The molecule has 2 rings (SSSR count). The van der Waals surface area contributed by atoms with Gasteiger partial charge < -0.3 is 9.88 Å². The maximum absolute atomic E-state index is 12.1. The number of carbonyl (C=O) groups is 1. The summed E-state index contributed by atoms with van der Waals surface area (Å²) in [5.74, 6) is 0.677. The minimum atomic E-state index is 0.0388. The lowest BCUT2D eigenvalue weighted by Crippen LogP contribution is -2.28. The molecule has 1 amide bonds. The molecular weight excluding hydrogens is 292 g/mol. The van der Waals surface area contributed by atoms with Crippen molar-refractivity contribution in [1.82, 2.24) is 9.88 Å². The fourth-order valence-electron chi connectivity index (χ4n) is 2.32. The molecule has 4 heteroatoms. The average molecular weight is 313 g/mol. The van der Waals surface area contributed by atoms with E-state index in [2.05, 4.69) is 42.0 Å². The standard InChI is InChI=1S/C14H21BrN2O/c1-4-5-17-9-11(15)6-12(17)13(18)16-8-10-7-14(10,2)3/h6,9-10H,4-5,7-8H2,1-3H3,(H,16,18). The van der Waals surface area contributed by atoms with Crippen LogP contribution in [0, 0.1) is 11.3 Å². The number of amides is 1. The van der Waals surface area contributed by atoms with Crippen molar-refractivity contribution in [2.45, 2.75) is 40.2 Å². The van der Waals surface area contributed by atoms with Crippen molar-refractivity contribution in [3.63, 3.8) is 0 Å². The first-order valence-corrected chi connectivity index (χ1v) is 7.37. The summed E-state index contributed by atoms with van der Waals surface area (Å²) >= 11 is 3.43. The van der Waals surface area contributed by atoms with Gasteiger partial charge in [0.05, 0.1) is 0 Å². The predicted molar refractivity (Wildman–Crippen MR) is 76.6 cm³/mol. The number of hydrogen-bond acceptors (Lipinski definition) is 1. The maximum Gasteiger partial charge on any atom is 0.267 e. The van der Waals surface area contributed by atoms with E-state index < -0.39 is 0 Å². The molecule has 0 spiro atoms. The smallest absolute Gasteiger partial charge is 0.267 e. The summed E-state index contributed by atoms with van der Waals surface area (Å²) in [5.41, 5.74) is 1.17. The van der Waals surface area contributed by atoms with Gasteiger partial charge in [-0.25, -0.2) is 0 Å². The maximum atomic E-state index is 12.1. The fourth-order valence-corrected chi connectivity index (χ4v) is 2.79. The van der Waals surface area contributed by atoms with E-state index in [0.717, 1.165) is 29.7 Å². The summed E-state index contributed by atoms with van der Waals surface area (Å²) in [5, 5.41) is 3.05. The minimum absolute atomic E-state index is 0.0388. The van der Waals surface area contributed by atoms with Crippen molar-refractivity contribution in [2.75, 3.05) is 6.54 Å². The lowest BCUT2D eigenvalue weighted by atomic mass is 10.1. The van der Waals surface area contributed by atoms with Gasteiger partial charge in [-0.1, -0.05) is 20.8 Å². The molecule has 1 aromatic heterocycles. The van der Waals surface area contributed by atoms with Crippen LogP contribution in [0.25, 0.3) is 0 Å². The number of nitrogens with one attached hydrogen (secondary N) is 1. The molecule has 1 unspecified atom stereocenters. The molecule has 1 aliphatic rings. The van der Waals surface area contributed by atoms with Crippen molar-refractivity contribution < 1.29 is 4.79 Å². The molecule has 1 N–H and O–H groups in total. The summed E-state index contributed by atoms with van der Waals surface area (Å²) in [6.45, 7) is 8.28. The molecule has 18 heavy (non-hydrogen) atoms. The van der Waals surface area contributed by atoms with Gasteiger partial charge in [0.2, 0.25) is 0 Å². The number of aromatic nitrogens is 1. The predicted octanol–water partition coefficient (Wildman–Crippen LogP) is 3.44. The first kappa shape index (κ1) is 13.7. The van der Waals surface area contributed by atoms with Crippen molar-refractivity contribution >= 4 is 21.8 Å². The Hall–Kier alpha value is -0.770. The molecule has 0 aromatic carbocycles. The number of rotatable bonds is 5. The van der Waals surface area contributed by atoms with E-state index >= 15 is 0 Å². The van der Waals surface area contributed by atoms with Gasteiger partial charge in [0.15, 0.2) is 0 Å². The second kappa shape index (κ2) is 5.08. The number of hydrogen-bond donors (Lipinski definition) is 1. The van der Waals surface area contributed by atoms with Crippen molar-refractivity contribution in [3.05, 3.63) is 22.4 Å². The van der Waals surface area contributed by atoms with Crippen LogP contribution >= 0.6 is 15.9 Å². The van der Waals surface area contributed by atoms with E-state index in [1.165, 1.54) is 6.42 Å². The lowest BCUT2D eigenvalue weighted by Gasteiger charge is -2.09. The van der Waals surface area contributed by atoms with Gasteiger partial charge in [-0.3, -0.25) is 4.79 Å². The average Bonchev–Trinajstić information content (AvgIpc) is 2.71. The zero-order chi connectivity index (χ0) is 13.3. The van der Waals surface area contributed by atoms with Gasteiger partial charge in [0.25, 0.3) is 5.91 Å². The highest BCUT2D eigenvalue weighted by Crippen LogP contribution is 2.50. The Kier molecular flexibility index (Phi) is 3.85. The largest absolute Gasteiger partial charge is 0.350 e. The molecular formula is C14H21BrN2O. The summed E-state index contributed by atoms with van der Waals surface area (Å²) in [6.07, 6.45) is 4.21.